The van der Waals surface area contributed by atoms with E-state index in [0.717, 1.165) is 0 Å². The molecule has 0 bridgehead atoms. The van der Waals surface area contributed by atoms with Gasteiger partial charge in [0.15, 0.2) is 11.2 Å². The lowest BCUT2D eigenvalue weighted by Crippen LogP contribution is -2.28. The zero-order valence-corrected chi connectivity index (χ0v) is 16.2. The smallest absolute Gasteiger partial charge is 0.312 e. The molecule has 23 heavy (non-hydrogen) atoms. The number of carbonyl (C=O) groups excluding carboxylic acids is 2. The van der Waals surface area contributed by atoms with Crippen LogP contribution in [0.1, 0.15) is 50.2 Å². The Labute approximate surface area is 150 Å². The number of carbonyl (C=O) groups is 2. The van der Waals surface area contributed by atoms with Crippen LogP contribution < -0.4 is 0 Å². The van der Waals surface area contributed by atoms with E-state index in [9.17, 15) is 9.59 Å². The number of hydrogen-bond acceptors (Lipinski definition) is 7. The summed E-state index contributed by atoms with van der Waals surface area (Å²) in [6.07, 6.45) is 0.695. The summed E-state index contributed by atoms with van der Waals surface area (Å²) in [6.45, 7) is 7.65. The van der Waals surface area contributed by atoms with Crippen LogP contribution in [0.15, 0.2) is 17.5 Å². The van der Waals surface area contributed by atoms with E-state index >= 15 is 0 Å². The Balaban J connectivity index is 2.64. The van der Waals surface area contributed by atoms with Crippen molar-refractivity contribution in [2.24, 2.45) is 5.41 Å². The number of thioether (sulfide) groups is 1. The summed E-state index contributed by atoms with van der Waals surface area (Å²) in [5, 5.41) is 1.86. The molecule has 0 fully saturated rings. The van der Waals surface area contributed by atoms with Crippen LogP contribution in [0.4, 0.5) is 0 Å². The van der Waals surface area contributed by atoms with Gasteiger partial charge in [0.25, 0.3) is 0 Å². The fourth-order valence-electron chi connectivity index (χ4n) is 1.51. The topological polar surface area (TPSA) is 52.6 Å². The van der Waals surface area contributed by atoms with Crippen molar-refractivity contribution in [2.75, 3.05) is 6.61 Å². The lowest BCUT2D eigenvalue weighted by Gasteiger charge is -2.22. The number of ketones is 1. The van der Waals surface area contributed by atoms with Crippen molar-refractivity contribution in [1.82, 2.24) is 0 Å². The quantitative estimate of drug-likeness (QED) is 0.299. The average Bonchev–Trinajstić information content (AvgIpc) is 2.97. The predicted molar refractivity (Wildman–Crippen MR) is 99.0 cm³/mol. The van der Waals surface area contributed by atoms with Crippen LogP contribution in [0.25, 0.3) is 0 Å². The van der Waals surface area contributed by atoms with Crippen molar-refractivity contribution in [3.8, 4) is 0 Å². The maximum absolute atomic E-state index is 12.1. The maximum Gasteiger partial charge on any atom is 0.312 e. The SMILES string of the molecule is CCOC(=S)SC(CCC(=O)c1cccs1)OC(=O)C(C)(C)C. The van der Waals surface area contributed by atoms with Gasteiger partial charge in [-0.2, -0.15) is 0 Å². The number of esters is 1. The maximum atomic E-state index is 12.1. The molecule has 0 aromatic carbocycles. The fraction of sp³-hybridized carbons (Fsp3) is 0.562. The molecule has 0 saturated heterocycles. The molecule has 1 rings (SSSR count). The Bertz CT molecular complexity index is 532. The van der Waals surface area contributed by atoms with Gasteiger partial charge >= 0.3 is 5.97 Å². The van der Waals surface area contributed by atoms with Crippen molar-refractivity contribution in [3.63, 3.8) is 0 Å². The highest BCUT2D eigenvalue weighted by atomic mass is 32.2. The van der Waals surface area contributed by atoms with Crippen molar-refractivity contribution in [2.45, 2.75) is 46.0 Å². The van der Waals surface area contributed by atoms with Crippen LogP contribution in [-0.2, 0) is 14.3 Å². The van der Waals surface area contributed by atoms with Crippen LogP contribution in [0.5, 0.6) is 0 Å². The summed E-state index contributed by atoms with van der Waals surface area (Å²) < 4.78 is 11.1. The molecule has 1 atom stereocenters. The van der Waals surface area contributed by atoms with Gasteiger partial charge in [0, 0.05) is 12.8 Å². The summed E-state index contributed by atoms with van der Waals surface area (Å²) in [5.41, 5.74) is -1.13. The summed E-state index contributed by atoms with van der Waals surface area (Å²) in [4.78, 5) is 24.9. The van der Waals surface area contributed by atoms with E-state index in [1.54, 1.807) is 26.8 Å². The molecule has 0 spiro atoms. The van der Waals surface area contributed by atoms with Gasteiger partial charge in [-0.1, -0.05) is 6.07 Å². The third-order valence-corrected chi connectivity index (χ3v) is 4.97. The van der Waals surface area contributed by atoms with Gasteiger partial charge in [-0.05, 0) is 63.1 Å². The third kappa shape index (κ3) is 7.46. The van der Waals surface area contributed by atoms with Crippen LogP contribution >= 0.6 is 35.3 Å². The van der Waals surface area contributed by atoms with Gasteiger partial charge in [0.1, 0.15) is 0 Å². The first-order valence-corrected chi connectivity index (χ1v) is 9.52. The second-order valence-electron chi connectivity index (χ2n) is 5.82. The Morgan fingerprint density at radius 1 is 1.39 bits per heavy atom. The van der Waals surface area contributed by atoms with E-state index in [-0.39, 0.29) is 11.8 Å². The number of hydrogen-bond donors (Lipinski definition) is 0. The first kappa shape index (κ1) is 20.1. The highest BCUT2D eigenvalue weighted by Gasteiger charge is 2.28. The number of Topliss-reactive ketones (excluding diaryl/α,β-unsaturated/α-hetero) is 1. The van der Waals surface area contributed by atoms with Gasteiger partial charge in [-0.15, -0.1) is 11.3 Å². The number of rotatable bonds is 7. The summed E-state index contributed by atoms with van der Waals surface area (Å²) in [7, 11) is 0. The molecule has 7 heteroatoms. The molecule has 0 saturated carbocycles. The molecule has 1 aromatic heterocycles. The fourth-order valence-corrected chi connectivity index (χ4v) is 3.41. The standard InChI is InChI=1S/C16H22O4S3/c1-5-19-15(21)23-13(20-14(18)16(2,3)4)9-8-11(17)12-7-6-10-22-12/h6-7,10,13H,5,8-9H2,1-4H3. The average molecular weight is 375 g/mol. The molecule has 0 N–H and O–H groups in total. The number of thiocarbonyl (C=S) groups is 1. The normalized spacial score (nSPS) is 12.5. The zero-order chi connectivity index (χ0) is 17.5. The molecule has 0 aliphatic rings. The summed E-state index contributed by atoms with van der Waals surface area (Å²) in [5.74, 6) is -0.280. The minimum absolute atomic E-state index is 0.0414. The predicted octanol–water partition coefficient (Wildman–Crippen LogP) is 4.68. The Morgan fingerprint density at radius 2 is 2.09 bits per heavy atom. The van der Waals surface area contributed by atoms with Crippen molar-refractivity contribution < 1.29 is 19.1 Å². The highest BCUT2D eigenvalue weighted by molar-refractivity contribution is 8.22. The van der Waals surface area contributed by atoms with E-state index in [4.69, 9.17) is 21.7 Å². The Morgan fingerprint density at radius 3 is 2.61 bits per heavy atom. The van der Waals surface area contributed by atoms with Crippen LogP contribution in [-0.4, -0.2) is 28.2 Å². The first-order valence-electron chi connectivity index (χ1n) is 7.35. The largest absolute Gasteiger partial charge is 0.479 e. The van der Waals surface area contributed by atoms with E-state index in [0.29, 0.717) is 28.7 Å². The van der Waals surface area contributed by atoms with Crippen LogP contribution in [0, 0.1) is 5.41 Å². The second-order valence-corrected chi connectivity index (χ2v) is 8.53. The van der Waals surface area contributed by atoms with Crippen molar-refractivity contribution in [3.05, 3.63) is 22.4 Å². The van der Waals surface area contributed by atoms with Gasteiger partial charge in [-0.25, -0.2) is 0 Å². The molecule has 1 aromatic rings. The molecule has 1 heterocycles. The van der Waals surface area contributed by atoms with Gasteiger partial charge in [-0.3, -0.25) is 9.59 Å². The summed E-state index contributed by atoms with van der Waals surface area (Å²) in [6, 6.07) is 3.63. The number of ether oxygens (including phenoxy) is 2. The molecular formula is C16H22O4S3. The Hall–Kier alpha value is -0.920. The van der Waals surface area contributed by atoms with E-state index in [2.05, 4.69) is 0 Å². The van der Waals surface area contributed by atoms with Gasteiger partial charge in [0.05, 0.1) is 16.9 Å². The Kier molecular flexibility index (Phi) is 8.22. The van der Waals surface area contributed by atoms with Gasteiger partial charge in [0.2, 0.25) is 4.38 Å². The second kappa shape index (κ2) is 9.39. The van der Waals surface area contributed by atoms with E-state index < -0.39 is 10.9 Å². The molecular weight excluding hydrogens is 352 g/mol. The van der Waals surface area contributed by atoms with Crippen LogP contribution in [0.3, 0.4) is 0 Å². The molecule has 1 unspecified atom stereocenters. The van der Waals surface area contributed by atoms with E-state index in [1.165, 1.54) is 23.1 Å². The number of thiophene rings is 1. The van der Waals surface area contributed by atoms with Crippen molar-refractivity contribution in [1.29, 1.82) is 0 Å². The molecule has 0 aliphatic heterocycles. The third-order valence-electron chi connectivity index (χ3n) is 2.74. The summed E-state index contributed by atoms with van der Waals surface area (Å²) >= 11 is 7.68. The van der Waals surface area contributed by atoms with Crippen molar-refractivity contribution >= 4 is 51.5 Å². The lowest BCUT2D eigenvalue weighted by molar-refractivity contribution is -0.154. The molecule has 4 nitrogen and oxygen atoms in total. The molecule has 128 valence electrons. The molecule has 0 radical (unpaired) electrons. The first-order chi connectivity index (χ1) is 10.7. The van der Waals surface area contributed by atoms with Gasteiger partial charge < -0.3 is 9.47 Å². The highest BCUT2D eigenvalue weighted by Crippen LogP contribution is 2.26. The zero-order valence-electron chi connectivity index (χ0n) is 13.8. The lowest BCUT2D eigenvalue weighted by atomic mass is 9.97. The van der Waals surface area contributed by atoms with E-state index in [1.807, 2.05) is 18.4 Å². The monoisotopic (exact) mass is 374 g/mol. The molecule has 0 amide bonds. The molecule has 0 aliphatic carbocycles. The minimum atomic E-state index is -0.607. The van der Waals surface area contributed by atoms with Crippen LogP contribution in [0.2, 0.25) is 0 Å². The minimum Gasteiger partial charge on any atom is -0.479 e.